The minimum Gasteiger partial charge on any atom is -0.388 e. The van der Waals surface area contributed by atoms with Crippen molar-refractivity contribution in [3.63, 3.8) is 0 Å². The molecule has 0 spiro atoms. The van der Waals surface area contributed by atoms with Crippen LogP contribution >= 0.6 is 15.9 Å². The van der Waals surface area contributed by atoms with Gasteiger partial charge in [0.1, 0.15) is 5.82 Å². The van der Waals surface area contributed by atoms with Crippen LogP contribution in [-0.2, 0) is 6.42 Å². The Balaban J connectivity index is 2.10. The van der Waals surface area contributed by atoms with Crippen molar-refractivity contribution in [3.05, 3.63) is 69.9 Å². The van der Waals surface area contributed by atoms with Gasteiger partial charge in [0.25, 0.3) is 0 Å². The quantitative estimate of drug-likeness (QED) is 0.878. The van der Waals surface area contributed by atoms with Crippen LogP contribution in [0.15, 0.2) is 53.0 Å². The number of hydrogen-bond donors (Lipinski definition) is 1. The predicted octanol–water partition coefficient (Wildman–Crippen LogP) is 4.50. The summed E-state index contributed by atoms with van der Waals surface area (Å²) in [5.41, 5.74) is 1.78. The van der Waals surface area contributed by atoms with Gasteiger partial charge in [0.15, 0.2) is 0 Å². The summed E-state index contributed by atoms with van der Waals surface area (Å²) in [7, 11) is 0. The Bertz CT molecular complexity index is 521. The molecule has 0 fully saturated rings. The molecule has 0 aromatic heterocycles. The molecule has 1 N–H and O–H groups in total. The molecule has 2 rings (SSSR count). The summed E-state index contributed by atoms with van der Waals surface area (Å²) in [5, 5.41) is 10.3. The van der Waals surface area contributed by atoms with E-state index in [1.165, 1.54) is 12.1 Å². The SMILES string of the molecule is CC(Cc1cc(F)cc(Br)c1)C(O)c1ccccc1. The van der Waals surface area contributed by atoms with Crippen LogP contribution in [-0.4, -0.2) is 5.11 Å². The summed E-state index contributed by atoms with van der Waals surface area (Å²) < 4.78 is 14.0. The highest BCUT2D eigenvalue weighted by molar-refractivity contribution is 9.10. The zero-order chi connectivity index (χ0) is 13.8. The van der Waals surface area contributed by atoms with E-state index in [0.29, 0.717) is 6.42 Å². The van der Waals surface area contributed by atoms with Gasteiger partial charge in [-0.25, -0.2) is 4.39 Å². The second kappa shape index (κ2) is 6.31. The van der Waals surface area contributed by atoms with E-state index in [1.54, 1.807) is 0 Å². The van der Waals surface area contributed by atoms with Crippen molar-refractivity contribution >= 4 is 15.9 Å². The highest BCUT2D eigenvalue weighted by Gasteiger charge is 2.17. The first-order valence-corrected chi connectivity index (χ1v) is 7.03. The van der Waals surface area contributed by atoms with E-state index >= 15 is 0 Å². The van der Waals surface area contributed by atoms with Crippen LogP contribution in [0, 0.1) is 11.7 Å². The third-order valence-electron chi connectivity index (χ3n) is 3.16. The molecule has 0 aliphatic heterocycles. The smallest absolute Gasteiger partial charge is 0.124 e. The standard InChI is InChI=1S/C16H16BrFO/c1-11(16(19)13-5-3-2-4-6-13)7-12-8-14(17)10-15(18)9-12/h2-6,8-11,16,19H,7H2,1H3. The fraction of sp³-hybridized carbons (Fsp3) is 0.250. The second-order valence-corrected chi connectivity index (χ2v) is 5.73. The van der Waals surface area contributed by atoms with Crippen LogP contribution < -0.4 is 0 Å². The number of rotatable bonds is 4. The van der Waals surface area contributed by atoms with Crippen molar-refractivity contribution in [2.45, 2.75) is 19.4 Å². The van der Waals surface area contributed by atoms with Crippen LogP contribution in [0.1, 0.15) is 24.2 Å². The van der Waals surface area contributed by atoms with E-state index in [-0.39, 0.29) is 11.7 Å². The molecule has 0 bridgehead atoms. The number of benzene rings is 2. The summed E-state index contributed by atoms with van der Waals surface area (Å²) in [6.45, 7) is 1.97. The van der Waals surface area contributed by atoms with Gasteiger partial charge < -0.3 is 5.11 Å². The molecular formula is C16H16BrFO. The molecule has 0 saturated heterocycles. The molecule has 0 radical (unpaired) electrons. The van der Waals surface area contributed by atoms with Crippen LogP contribution in [0.25, 0.3) is 0 Å². The minimum absolute atomic E-state index is 0.0242. The molecule has 0 aliphatic rings. The first kappa shape index (κ1) is 14.2. The van der Waals surface area contributed by atoms with Crippen molar-refractivity contribution in [3.8, 4) is 0 Å². The van der Waals surface area contributed by atoms with E-state index in [1.807, 2.05) is 43.3 Å². The highest BCUT2D eigenvalue weighted by atomic mass is 79.9. The summed E-state index contributed by atoms with van der Waals surface area (Å²) in [6.07, 6.45) is 0.0927. The summed E-state index contributed by atoms with van der Waals surface area (Å²) in [4.78, 5) is 0. The van der Waals surface area contributed by atoms with Crippen molar-refractivity contribution in [2.24, 2.45) is 5.92 Å². The molecule has 2 atom stereocenters. The van der Waals surface area contributed by atoms with Crippen molar-refractivity contribution in [1.82, 2.24) is 0 Å². The average molecular weight is 323 g/mol. The lowest BCUT2D eigenvalue weighted by atomic mass is 9.91. The molecule has 1 nitrogen and oxygen atoms in total. The van der Waals surface area contributed by atoms with Gasteiger partial charge in [0.05, 0.1) is 6.10 Å². The van der Waals surface area contributed by atoms with Crippen LogP contribution in [0.2, 0.25) is 0 Å². The topological polar surface area (TPSA) is 20.2 Å². The molecular weight excluding hydrogens is 307 g/mol. The molecule has 0 aliphatic carbocycles. The summed E-state index contributed by atoms with van der Waals surface area (Å²) in [5.74, 6) is -0.234. The predicted molar refractivity (Wildman–Crippen MR) is 78.4 cm³/mol. The summed E-state index contributed by atoms with van der Waals surface area (Å²) >= 11 is 3.28. The van der Waals surface area contributed by atoms with Crippen molar-refractivity contribution < 1.29 is 9.50 Å². The average Bonchev–Trinajstić information content (AvgIpc) is 2.37. The van der Waals surface area contributed by atoms with E-state index in [0.717, 1.165) is 15.6 Å². The summed E-state index contributed by atoms with van der Waals surface area (Å²) in [6, 6.07) is 14.4. The van der Waals surface area contributed by atoms with Gasteiger partial charge in [-0.05, 0) is 41.7 Å². The zero-order valence-electron chi connectivity index (χ0n) is 10.7. The third-order valence-corrected chi connectivity index (χ3v) is 3.62. The molecule has 2 aromatic rings. The number of aliphatic hydroxyl groups excluding tert-OH is 1. The van der Waals surface area contributed by atoms with Gasteiger partial charge in [0, 0.05) is 4.47 Å². The molecule has 100 valence electrons. The normalized spacial score (nSPS) is 14.1. The van der Waals surface area contributed by atoms with E-state index in [4.69, 9.17) is 0 Å². The Morgan fingerprint density at radius 2 is 1.84 bits per heavy atom. The highest BCUT2D eigenvalue weighted by Crippen LogP contribution is 2.26. The fourth-order valence-corrected chi connectivity index (χ4v) is 2.70. The van der Waals surface area contributed by atoms with Gasteiger partial charge in [0.2, 0.25) is 0 Å². The lowest BCUT2D eigenvalue weighted by Crippen LogP contribution is -2.12. The maximum atomic E-state index is 13.3. The lowest BCUT2D eigenvalue weighted by molar-refractivity contribution is 0.117. The van der Waals surface area contributed by atoms with Crippen LogP contribution in [0.5, 0.6) is 0 Å². The first-order chi connectivity index (χ1) is 9.06. The largest absolute Gasteiger partial charge is 0.388 e. The molecule has 0 saturated carbocycles. The van der Waals surface area contributed by atoms with Gasteiger partial charge in [-0.15, -0.1) is 0 Å². The Morgan fingerprint density at radius 3 is 2.47 bits per heavy atom. The Kier molecular flexibility index (Phi) is 4.72. The van der Waals surface area contributed by atoms with Gasteiger partial charge in [-0.3, -0.25) is 0 Å². The fourth-order valence-electron chi connectivity index (χ4n) is 2.19. The molecule has 0 amide bonds. The zero-order valence-corrected chi connectivity index (χ0v) is 12.3. The van der Waals surface area contributed by atoms with Crippen molar-refractivity contribution in [2.75, 3.05) is 0 Å². The van der Waals surface area contributed by atoms with E-state index < -0.39 is 6.10 Å². The van der Waals surface area contributed by atoms with Gasteiger partial charge >= 0.3 is 0 Å². The number of hydrogen-bond acceptors (Lipinski definition) is 1. The Morgan fingerprint density at radius 1 is 1.16 bits per heavy atom. The molecule has 19 heavy (non-hydrogen) atoms. The van der Waals surface area contributed by atoms with Crippen molar-refractivity contribution in [1.29, 1.82) is 0 Å². The molecule has 3 heteroatoms. The first-order valence-electron chi connectivity index (χ1n) is 6.24. The monoisotopic (exact) mass is 322 g/mol. The Hall–Kier alpha value is -1.19. The van der Waals surface area contributed by atoms with E-state index in [2.05, 4.69) is 15.9 Å². The third kappa shape index (κ3) is 3.88. The number of halogens is 2. The van der Waals surface area contributed by atoms with E-state index in [9.17, 15) is 9.50 Å². The molecule has 0 heterocycles. The van der Waals surface area contributed by atoms with Gasteiger partial charge in [-0.2, -0.15) is 0 Å². The minimum atomic E-state index is -0.539. The maximum absolute atomic E-state index is 13.3. The second-order valence-electron chi connectivity index (χ2n) is 4.81. The van der Waals surface area contributed by atoms with Crippen LogP contribution in [0.3, 0.4) is 0 Å². The molecule has 2 aromatic carbocycles. The molecule has 2 unspecified atom stereocenters. The van der Waals surface area contributed by atoms with Crippen LogP contribution in [0.4, 0.5) is 4.39 Å². The maximum Gasteiger partial charge on any atom is 0.124 e. The number of aliphatic hydroxyl groups is 1. The van der Waals surface area contributed by atoms with Gasteiger partial charge in [-0.1, -0.05) is 53.2 Å². The lowest BCUT2D eigenvalue weighted by Gasteiger charge is -2.19. The Labute approximate surface area is 121 Å².